The molecule has 16 heavy (non-hydrogen) atoms. The maximum absolute atomic E-state index is 10.8. The van der Waals surface area contributed by atoms with E-state index in [4.69, 9.17) is 5.11 Å². The molecule has 1 heterocycles. The molecule has 0 fully saturated rings. The molecule has 1 aromatic rings. The molecular formula is C9H8N2O5. The molecule has 7 nitrogen and oxygen atoms in total. The maximum atomic E-state index is 10.8. The zero-order chi connectivity index (χ0) is 12.1. The van der Waals surface area contributed by atoms with Crippen LogP contribution < -0.4 is 0 Å². The molecule has 1 rings (SSSR count). The monoisotopic (exact) mass is 224 g/mol. The van der Waals surface area contributed by atoms with E-state index in [-0.39, 0.29) is 5.69 Å². The predicted octanol–water partition coefficient (Wildman–Crippen LogP) is 0.882. The van der Waals surface area contributed by atoms with E-state index in [0.717, 1.165) is 12.1 Å². The summed E-state index contributed by atoms with van der Waals surface area (Å²) in [5.41, 5.74) is 0.176. The first kappa shape index (κ1) is 11.6. The molecule has 1 aromatic heterocycles. The van der Waals surface area contributed by atoms with Gasteiger partial charge in [-0.2, -0.15) is 0 Å². The number of carbonyl (C=O) groups is 1. The summed E-state index contributed by atoms with van der Waals surface area (Å²) in [5.74, 6) is -1.79. The first-order valence-electron chi connectivity index (χ1n) is 4.15. The van der Waals surface area contributed by atoms with Crippen LogP contribution in [-0.4, -0.2) is 28.1 Å². The van der Waals surface area contributed by atoms with E-state index in [1.807, 2.05) is 0 Å². The van der Waals surface area contributed by atoms with Gasteiger partial charge in [0.1, 0.15) is 0 Å². The van der Waals surface area contributed by atoms with Crippen molar-refractivity contribution < 1.29 is 19.6 Å². The molecule has 0 aliphatic rings. The van der Waals surface area contributed by atoms with Gasteiger partial charge >= 0.3 is 11.8 Å². The standard InChI is InChI=1S/C9H8N2O5/c1-16-8(13)5-3-6-2-4-7(12)9(10-6)11(14)15/h2-5,12H,1H3. The highest BCUT2D eigenvalue weighted by molar-refractivity contribution is 5.86. The van der Waals surface area contributed by atoms with Gasteiger partial charge in [-0.3, -0.25) is 0 Å². The number of methoxy groups -OCH3 is 1. The van der Waals surface area contributed by atoms with E-state index in [0.29, 0.717) is 0 Å². The number of aromatic hydroxyl groups is 1. The minimum Gasteiger partial charge on any atom is -0.501 e. The summed E-state index contributed by atoms with van der Waals surface area (Å²) < 4.78 is 4.34. The first-order chi connectivity index (χ1) is 7.54. The zero-order valence-electron chi connectivity index (χ0n) is 8.28. The van der Waals surface area contributed by atoms with Crippen molar-refractivity contribution in [1.29, 1.82) is 0 Å². The van der Waals surface area contributed by atoms with E-state index in [1.54, 1.807) is 0 Å². The topological polar surface area (TPSA) is 103 Å². The van der Waals surface area contributed by atoms with Crippen molar-refractivity contribution in [2.75, 3.05) is 7.11 Å². The molecule has 7 heteroatoms. The van der Waals surface area contributed by atoms with Crippen molar-refractivity contribution in [3.63, 3.8) is 0 Å². The van der Waals surface area contributed by atoms with Crippen molar-refractivity contribution in [2.24, 2.45) is 0 Å². The number of esters is 1. The number of rotatable bonds is 3. The van der Waals surface area contributed by atoms with Crippen LogP contribution in [0.15, 0.2) is 18.2 Å². The molecule has 0 radical (unpaired) electrons. The average Bonchev–Trinajstić information content (AvgIpc) is 2.27. The van der Waals surface area contributed by atoms with Gasteiger partial charge in [0, 0.05) is 6.08 Å². The molecule has 0 aromatic carbocycles. The third-order valence-electron chi connectivity index (χ3n) is 1.64. The molecule has 0 aliphatic heterocycles. The number of hydrogen-bond donors (Lipinski definition) is 1. The van der Waals surface area contributed by atoms with E-state index < -0.39 is 22.5 Å². The molecule has 0 saturated heterocycles. The third-order valence-corrected chi connectivity index (χ3v) is 1.64. The quantitative estimate of drug-likeness (QED) is 0.354. The normalized spacial score (nSPS) is 10.3. The maximum Gasteiger partial charge on any atom is 0.406 e. The van der Waals surface area contributed by atoms with E-state index in [2.05, 4.69) is 9.72 Å². The minimum atomic E-state index is -0.815. The Labute approximate surface area is 90.1 Å². The molecule has 0 aliphatic carbocycles. The molecule has 0 amide bonds. The van der Waals surface area contributed by atoms with Crippen LogP contribution in [0.5, 0.6) is 5.75 Å². The summed E-state index contributed by atoms with van der Waals surface area (Å²) in [6, 6.07) is 2.46. The summed E-state index contributed by atoms with van der Waals surface area (Å²) >= 11 is 0. The van der Waals surface area contributed by atoms with Crippen LogP contribution in [-0.2, 0) is 9.53 Å². The van der Waals surface area contributed by atoms with Crippen molar-refractivity contribution in [3.8, 4) is 5.75 Å². The summed E-state index contributed by atoms with van der Waals surface area (Å²) in [7, 11) is 1.21. The summed E-state index contributed by atoms with van der Waals surface area (Å²) in [6.45, 7) is 0. The van der Waals surface area contributed by atoms with Crippen molar-refractivity contribution in [1.82, 2.24) is 4.98 Å². The number of carbonyl (C=O) groups excluding carboxylic acids is 1. The SMILES string of the molecule is COC(=O)C=Cc1ccc(O)c([N+](=O)[O-])n1. The van der Waals surface area contributed by atoms with Crippen molar-refractivity contribution in [3.05, 3.63) is 34.0 Å². The van der Waals surface area contributed by atoms with Gasteiger partial charge in [0.15, 0.2) is 5.69 Å². The Morgan fingerprint density at radius 2 is 2.31 bits per heavy atom. The average molecular weight is 224 g/mol. The van der Waals surface area contributed by atoms with Gasteiger partial charge in [0.25, 0.3) is 0 Å². The van der Waals surface area contributed by atoms with Gasteiger partial charge in [0.2, 0.25) is 5.75 Å². The van der Waals surface area contributed by atoms with Crippen LogP contribution >= 0.6 is 0 Å². The smallest absolute Gasteiger partial charge is 0.406 e. The number of nitro groups is 1. The molecule has 0 spiro atoms. The number of ether oxygens (including phenoxy) is 1. The summed E-state index contributed by atoms with van der Waals surface area (Å²) in [5, 5.41) is 19.5. The first-order valence-corrected chi connectivity index (χ1v) is 4.15. The number of hydrogen-bond acceptors (Lipinski definition) is 6. The molecule has 84 valence electrons. The fourth-order valence-electron chi connectivity index (χ4n) is 0.904. The van der Waals surface area contributed by atoms with Gasteiger partial charge in [-0.25, -0.2) is 4.79 Å². The molecule has 0 bridgehead atoms. The highest BCUT2D eigenvalue weighted by Gasteiger charge is 2.15. The lowest BCUT2D eigenvalue weighted by Crippen LogP contribution is -1.96. The van der Waals surface area contributed by atoms with Crippen LogP contribution in [0.3, 0.4) is 0 Å². The number of aromatic nitrogens is 1. The summed E-state index contributed by atoms with van der Waals surface area (Å²) in [4.78, 5) is 23.9. The largest absolute Gasteiger partial charge is 0.501 e. The van der Waals surface area contributed by atoms with Gasteiger partial charge in [0.05, 0.1) is 7.11 Å². The minimum absolute atomic E-state index is 0.176. The van der Waals surface area contributed by atoms with Gasteiger partial charge < -0.3 is 20.0 Å². The van der Waals surface area contributed by atoms with Crippen LogP contribution in [0, 0.1) is 10.1 Å². The van der Waals surface area contributed by atoms with Crippen LogP contribution in [0.2, 0.25) is 0 Å². The fraction of sp³-hybridized carbons (Fsp3) is 0.111. The van der Waals surface area contributed by atoms with E-state index in [9.17, 15) is 14.9 Å². The molecular weight excluding hydrogens is 216 g/mol. The number of nitrogens with zero attached hydrogens (tertiary/aromatic N) is 2. The van der Waals surface area contributed by atoms with Crippen LogP contribution in [0.4, 0.5) is 5.82 Å². The zero-order valence-corrected chi connectivity index (χ0v) is 8.28. The highest BCUT2D eigenvalue weighted by Crippen LogP contribution is 2.22. The molecule has 1 N–H and O–H groups in total. The lowest BCUT2D eigenvalue weighted by atomic mass is 10.3. The second-order valence-electron chi connectivity index (χ2n) is 2.69. The predicted molar refractivity (Wildman–Crippen MR) is 53.6 cm³/mol. The van der Waals surface area contributed by atoms with Gasteiger partial charge in [-0.05, 0) is 28.1 Å². The Morgan fingerprint density at radius 3 is 2.88 bits per heavy atom. The Bertz CT molecular complexity index is 455. The Hall–Kier alpha value is -2.44. The van der Waals surface area contributed by atoms with Gasteiger partial charge in [-0.1, -0.05) is 0 Å². The number of pyridine rings is 1. The van der Waals surface area contributed by atoms with Crippen LogP contribution in [0.1, 0.15) is 5.69 Å². The second-order valence-corrected chi connectivity index (χ2v) is 2.69. The molecule has 0 saturated carbocycles. The Balaban J connectivity index is 2.99. The van der Waals surface area contributed by atoms with E-state index in [1.165, 1.54) is 19.3 Å². The third kappa shape index (κ3) is 2.77. The lowest BCUT2D eigenvalue weighted by molar-refractivity contribution is -0.390. The molecule has 0 unspecified atom stereocenters. The van der Waals surface area contributed by atoms with Gasteiger partial charge in [-0.15, -0.1) is 0 Å². The van der Waals surface area contributed by atoms with Crippen LogP contribution in [0.25, 0.3) is 6.08 Å². The lowest BCUT2D eigenvalue weighted by Gasteiger charge is -1.95. The molecule has 0 atom stereocenters. The van der Waals surface area contributed by atoms with Crippen molar-refractivity contribution in [2.45, 2.75) is 0 Å². The summed E-state index contributed by atoms with van der Waals surface area (Å²) in [6.07, 6.45) is 2.32. The Kier molecular flexibility index (Phi) is 3.54. The second kappa shape index (κ2) is 4.87. The Morgan fingerprint density at radius 1 is 1.62 bits per heavy atom. The van der Waals surface area contributed by atoms with Crippen molar-refractivity contribution >= 4 is 17.9 Å². The highest BCUT2D eigenvalue weighted by atomic mass is 16.6. The van der Waals surface area contributed by atoms with E-state index >= 15 is 0 Å². The fourth-order valence-corrected chi connectivity index (χ4v) is 0.904.